The molecule has 0 spiro atoms. The minimum atomic E-state index is -0.427. The van der Waals surface area contributed by atoms with E-state index in [2.05, 4.69) is 6.58 Å². The van der Waals surface area contributed by atoms with Gasteiger partial charge in [0.05, 0.1) is 25.9 Å². The molecule has 0 aromatic heterocycles. The van der Waals surface area contributed by atoms with Crippen molar-refractivity contribution in [2.75, 3.05) is 20.3 Å². The van der Waals surface area contributed by atoms with Crippen LogP contribution in [0.1, 0.15) is 41.3 Å². The van der Waals surface area contributed by atoms with Crippen molar-refractivity contribution in [3.8, 4) is 23.0 Å². The number of unbranched alkanes of at least 4 members (excludes halogenated alkanes) is 1. The molecular weight excluding hydrogens is 472 g/mol. The van der Waals surface area contributed by atoms with E-state index in [1.54, 1.807) is 50.4 Å². The second-order valence-corrected chi connectivity index (χ2v) is 8.47. The lowest BCUT2D eigenvalue weighted by molar-refractivity contribution is -0.139. The Labute approximate surface area is 217 Å². The van der Waals surface area contributed by atoms with Crippen molar-refractivity contribution in [2.45, 2.75) is 33.3 Å². The number of ether oxygens (including phenoxy) is 5. The van der Waals surface area contributed by atoms with Crippen LogP contribution in [0.4, 0.5) is 0 Å². The van der Waals surface area contributed by atoms with E-state index in [9.17, 15) is 9.59 Å². The van der Waals surface area contributed by atoms with Crippen LogP contribution in [-0.4, -0.2) is 32.3 Å². The molecule has 0 aliphatic carbocycles. The molecule has 0 radical (unpaired) electrons. The van der Waals surface area contributed by atoms with Gasteiger partial charge in [-0.3, -0.25) is 0 Å². The van der Waals surface area contributed by atoms with Gasteiger partial charge in [-0.2, -0.15) is 0 Å². The summed E-state index contributed by atoms with van der Waals surface area (Å²) in [5, 5.41) is 0. The molecule has 0 saturated heterocycles. The molecule has 3 rings (SSSR count). The summed E-state index contributed by atoms with van der Waals surface area (Å²) in [5.41, 5.74) is 2.82. The van der Waals surface area contributed by atoms with Crippen LogP contribution < -0.4 is 18.9 Å². The third-order valence-corrected chi connectivity index (χ3v) is 5.33. The minimum Gasteiger partial charge on any atom is -0.493 e. The second kappa shape index (κ2) is 13.7. The Kier molecular flexibility index (Phi) is 10.1. The maximum atomic E-state index is 12.4. The van der Waals surface area contributed by atoms with Crippen LogP contribution in [0.3, 0.4) is 0 Å². The summed E-state index contributed by atoms with van der Waals surface area (Å²) in [7, 11) is 1.58. The fourth-order valence-electron chi connectivity index (χ4n) is 3.22. The van der Waals surface area contributed by atoms with E-state index in [4.69, 9.17) is 23.7 Å². The lowest BCUT2D eigenvalue weighted by Crippen LogP contribution is -2.08. The van der Waals surface area contributed by atoms with Crippen molar-refractivity contribution in [1.29, 1.82) is 0 Å². The number of rotatable bonds is 13. The molecule has 37 heavy (non-hydrogen) atoms. The van der Waals surface area contributed by atoms with Gasteiger partial charge >= 0.3 is 11.9 Å². The molecule has 0 aliphatic rings. The van der Waals surface area contributed by atoms with E-state index >= 15 is 0 Å². The van der Waals surface area contributed by atoms with Crippen LogP contribution in [-0.2, 0) is 16.1 Å². The molecule has 3 aromatic rings. The average molecular weight is 505 g/mol. The summed E-state index contributed by atoms with van der Waals surface area (Å²) in [5.74, 6) is 1.55. The van der Waals surface area contributed by atoms with Crippen molar-refractivity contribution in [3.05, 3.63) is 95.6 Å². The van der Waals surface area contributed by atoms with Crippen LogP contribution in [0, 0.1) is 6.92 Å². The SMILES string of the molecule is C=C(C)C(=O)OCCCCOc1ccc(COc2ccc(C(=O)Oc3ccc(C)cc3)cc2)cc1OC. The average Bonchev–Trinajstić information content (AvgIpc) is 2.91. The van der Waals surface area contributed by atoms with E-state index in [0.717, 1.165) is 17.5 Å². The highest BCUT2D eigenvalue weighted by Gasteiger charge is 2.10. The minimum absolute atomic E-state index is 0.317. The van der Waals surface area contributed by atoms with Crippen LogP contribution >= 0.6 is 0 Å². The normalized spacial score (nSPS) is 10.4. The Morgan fingerprint density at radius 1 is 0.811 bits per heavy atom. The molecule has 0 heterocycles. The maximum Gasteiger partial charge on any atom is 0.343 e. The van der Waals surface area contributed by atoms with Crippen molar-refractivity contribution < 1.29 is 33.3 Å². The van der Waals surface area contributed by atoms with Gasteiger partial charge in [-0.1, -0.05) is 30.3 Å². The van der Waals surface area contributed by atoms with Gasteiger partial charge in [0, 0.05) is 5.57 Å². The van der Waals surface area contributed by atoms with Crippen LogP contribution in [0.5, 0.6) is 23.0 Å². The zero-order valence-corrected chi connectivity index (χ0v) is 21.5. The Hall–Kier alpha value is -4.26. The van der Waals surface area contributed by atoms with Crippen molar-refractivity contribution in [1.82, 2.24) is 0 Å². The van der Waals surface area contributed by atoms with Gasteiger partial charge in [-0.15, -0.1) is 0 Å². The molecule has 0 aliphatic heterocycles. The van der Waals surface area contributed by atoms with Crippen molar-refractivity contribution in [2.24, 2.45) is 0 Å². The molecule has 3 aromatic carbocycles. The number of hydrogen-bond acceptors (Lipinski definition) is 7. The quantitative estimate of drug-likeness (QED) is 0.121. The highest BCUT2D eigenvalue weighted by molar-refractivity contribution is 5.91. The molecule has 0 fully saturated rings. The molecule has 0 amide bonds. The number of methoxy groups -OCH3 is 1. The van der Waals surface area contributed by atoms with Gasteiger partial charge < -0.3 is 23.7 Å². The van der Waals surface area contributed by atoms with E-state index in [0.29, 0.717) is 60.4 Å². The summed E-state index contributed by atoms with van der Waals surface area (Å²) >= 11 is 0. The van der Waals surface area contributed by atoms with E-state index in [1.807, 2.05) is 37.3 Å². The van der Waals surface area contributed by atoms with Gasteiger partial charge in [-0.05, 0) is 80.8 Å². The maximum absolute atomic E-state index is 12.4. The third-order valence-electron chi connectivity index (χ3n) is 5.33. The highest BCUT2D eigenvalue weighted by atomic mass is 16.5. The molecular formula is C30H32O7. The van der Waals surface area contributed by atoms with E-state index in [-0.39, 0.29) is 5.97 Å². The zero-order valence-electron chi connectivity index (χ0n) is 21.5. The molecule has 0 bridgehead atoms. The number of benzene rings is 3. The largest absolute Gasteiger partial charge is 0.493 e. The van der Waals surface area contributed by atoms with Crippen LogP contribution in [0.2, 0.25) is 0 Å². The number of carbonyl (C=O) groups excluding carboxylic acids is 2. The van der Waals surface area contributed by atoms with E-state index in [1.165, 1.54) is 0 Å². The molecule has 7 heteroatoms. The Morgan fingerprint density at radius 3 is 2.16 bits per heavy atom. The van der Waals surface area contributed by atoms with Gasteiger partial charge in [0.15, 0.2) is 11.5 Å². The van der Waals surface area contributed by atoms with Gasteiger partial charge in [0.1, 0.15) is 18.1 Å². The summed E-state index contributed by atoms with van der Waals surface area (Å²) in [4.78, 5) is 23.7. The molecule has 0 unspecified atom stereocenters. The summed E-state index contributed by atoms with van der Waals surface area (Å²) in [6.45, 7) is 8.26. The summed E-state index contributed by atoms with van der Waals surface area (Å²) in [6, 6.07) is 19.7. The molecule has 0 N–H and O–H groups in total. The number of esters is 2. The van der Waals surface area contributed by atoms with Gasteiger partial charge in [0.25, 0.3) is 0 Å². The molecule has 194 valence electrons. The Balaban J connectivity index is 1.45. The molecule has 7 nitrogen and oxygen atoms in total. The Bertz CT molecular complexity index is 1200. The summed E-state index contributed by atoms with van der Waals surface area (Å²) < 4.78 is 27.6. The van der Waals surface area contributed by atoms with Crippen molar-refractivity contribution >= 4 is 11.9 Å². The smallest absolute Gasteiger partial charge is 0.343 e. The van der Waals surface area contributed by atoms with Gasteiger partial charge in [-0.25, -0.2) is 9.59 Å². The predicted octanol–water partition coefficient (Wildman–Crippen LogP) is 6.08. The van der Waals surface area contributed by atoms with Crippen molar-refractivity contribution in [3.63, 3.8) is 0 Å². The fraction of sp³-hybridized carbons (Fsp3) is 0.267. The number of hydrogen-bond donors (Lipinski definition) is 0. The van der Waals surface area contributed by atoms with E-state index < -0.39 is 5.97 Å². The first-order chi connectivity index (χ1) is 17.9. The third kappa shape index (κ3) is 8.72. The lowest BCUT2D eigenvalue weighted by atomic mass is 10.2. The molecule has 0 saturated carbocycles. The standard InChI is InChI=1S/C30H32O7/c1-21(2)29(31)35-18-6-5-17-34-27-16-9-23(19-28(27)33-4)20-36-25-14-10-24(11-15-25)30(32)37-26-12-7-22(3)8-13-26/h7-16,19H,1,5-6,17-18,20H2,2-4H3. The Morgan fingerprint density at radius 2 is 1.49 bits per heavy atom. The topological polar surface area (TPSA) is 80.3 Å². The first-order valence-electron chi connectivity index (χ1n) is 12.0. The van der Waals surface area contributed by atoms with Gasteiger partial charge in [0.2, 0.25) is 0 Å². The summed E-state index contributed by atoms with van der Waals surface area (Å²) in [6.07, 6.45) is 1.42. The predicted molar refractivity (Wildman–Crippen MR) is 140 cm³/mol. The second-order valence-electron chi connectivity index (χ2n) is 8.47. The highest BCUT2D eigenvalue weighted by Crippen LogP contribution is 2.29. The first-order valence-corrected chi connectivity index (χ1v) is 12.0. The first kappa shape index (κ1) is 27.3. The monoisotopic (exact) mass is 504 g/mol. The lowest BCUT2D eigenvalue weighted by Gasteiger charge is -2.13. The zero-order chi connectivity index (χ0) is 26.6. The number of carbonyl (C=O) groups is 2. The molecule has 0 atom stereocenters. The van der Waals surface area contributed by atoms with Crippen LogP contribution in [0.25, 0.3) is 0 Å². The number of aryl methyl sites for hydroxylation is 1. The van der Waals surface area contributed by atoms with Crippen LogP contribution in [0.15, 0.2) is 78.9 Å². The fourth-order valence-corrected chi connectivity index (χ4v) is 3.22.